The third kappa shape index (κ3) is 4.04. The van der Waals surface area contributed by atoms with E-state index in [1.165, 1.54) is 0 Å². The SMILES string of the molecule is O=C(c1ccc2ccccc2c1)C1OC2OC(C(=O)c3ccc4ccccc4c3)OC2(c2ccc3ccccc3c2)O1. The molecule has 204 valence electrons. The average Bonchev–Trinajstić information content (AvgIpc) is 3.59. The number of rotatable bonds is 5. The molecule has 8 rings (SSSR count). The number of ether oxygens (including phenoxy) is 4. The van der Waals surface area contributed by atoms with Gasteiger partial charge in [0.2, 0.25) is 30.4 Å². The van der Waals surface area contributed by atoms with Gasteiger partial charge in [-0.05, 0) is 50.5 Å². The van der Waals surface area contributed by atoms with Gasteiger partial charge in [-0.3, -0.25) is 9.59 Å². The van der Waals surface area contributed by atoms with Crippen molar-refractivity contribution in [3.05, 3.63) is 144 Å². The Labute approximate surface area is 241 Å². The first-order valence-electron chi connectivity index (χ1n) is 13.8. The molecule has 0 N–H and O–H groups in total. The molecule has 0 aromatic heterocycles. The molecule has 42 heavy (non-hydrogen) atoms. The summed E-state index contributed by atoms with van der Waals surface area (Å²) in [5.74, 6) is -2.35. The third-order valence-electron chi connectivity index (χ3n) is 8.02. The second kappa shape index (κ2) is 9.69. The Hall–Kier alpha value is -4.72. The van der Waals surface area contributed by atoms with Gasteiger partial charge in [0.25, 0.3) is 5.79 Å². The zero-order valence-corrected chi connectivity index (χ0v) is 22.3. The van der Waals surface area contributed by atoms with Crippen LogP contribution in [0.4, 0.5) is 0 Å². The van der Waals surface area contributed by atoms with E-state index in [-0.39, 0.29) is 11.6 Å². The highest BCUT2D eigenvalue weighted by molar-refractivity contribution is 6.03. The van der Waals surface area contributed by atoms with E-state index in [0.717, 1.165) is 32.3 Å². The van der Waals surface area contributed by atoms with Crippen LogP contribution in [0.1, 0.15) is 26.3 Å². The van der Waals surface area contributed by atoms with Crippen molar-refractivity contribution in [2.75, 3.05) is 0 Å². The van der Waals surface area contributed by atoms with Crippen LogP contribution in [0.25, 0.3) is 32.3 Å². The van der Waals surface area contributed by atoms with E-state index in [1.807, 2.05) is 115 Å². The minimum absolute atomic E-state index is 0.361. The lowest BCUT2D eigenvalue weighted by atomic mass is 10.0. The average molecular weight is 553 g/mol. The lowest BCUT2D eigenvalue weighted by molar-refractivity contribution is -0.228. The van der Waals surface area contributed by atoms with E-state index in [4.69, 9.17) is 18.9 Å². The van der Waals surface area contributed by atoms with E-state index < -0.39 is 24.7 Å². The molecule has 0 aliphatic carbocycles. The molecule has 6 aromatic carbocycles. The van der Waals surface area contributed by atoms with Crippen molar-refractivity contribution in [3.63, 3.8) is 0 Å². The van der Waals surface area contributed by atoms with Crippen molar-refractivity contribution in [2.45, 2.75) is 24.7 Å². The zero-order valence-electron chi connectivity index (χ0n) is 22.3. The van der Waals surface area contributed by atoms with Crippen LogP contribution in [0.3, 0.4) is 0 Å². The molecule has 0 spiro atoms. The molecule has 0 amide bonds. The van der Waals surface area contributed by atoms with E-state index in [9.17, 15) is 9.59 Å². The molecule has 6 aromatic rings. The summed E-state index contributed by atoms with van der Waals surface area (Å²) < 4.78 is 24.9. The van der Waals surface area contributed by atoms with Gasteiger partial charge in [0, 0.05) is 16.7 Å². The number of fused-ring (bicyclic) bond motifs is 4. The van der Waals surface area contributed by atoms with Gasteiger partial charge in [0.15, 0.2) is 0 Å². The second-order valence-electron chi connectivity index (χ2n) is 10.6. The van der Waals surface area contributed by atoms with E-state index in [0.29, 0.717) is 16.7 Å². The number of hydrogen-bond donors (Lipinski definition) is 0. The molecule has 2 saturated heterocycles. The first kappa shape index (κ1) is 25.0. The molecule has 2 fully saturated rings. The van der Waals surface area contributed by atoms with Crippen LogP contribution >= 0.6 is 0 Å². The molecule has 0 radical (unpaired) electrons. The summed E-state index contributed by atoms with van der Waals surface area (Å²) in [5, 5.41) is 5.88. The monoisotopic (exact) mass is 552 g/mol. The Morgan fingerprint density at radius 2 is 0.881 bits per heavy atom. The number of carbonyl (C=O) groups excluding carboxylic acids is 2. The predicted molar refractivity (Wildman–Crippen MR) is 158 cm³/mol. The minimum Gasteiger partial charge on any atom is -0.310 e. The molecule has 6 nitrogen and oxygen atoms in total. The molecule has 6 heteroatoms. The van der Waals surface area contributed by atoms with Gasteiger partial charge in [-0.2, -0.15) is 0 Å². The van der Waals surface area contributed by atoms with E-state index in [1.54, 1.807) is 12.1 Å². The van der Waals surface area contributed by atoms with Crippen LogP contribution < -0.4 is 0 Å². The Balaban J connectivity index is 1.15. The first-order chi connectivity index (χ1) is 20.6. The van der Waals surface area contributed by atoms with Gasteiger partial charge in [0.1, 0.15) is 0 Å². The standard InChI is InChI=1S/C36H24O6/c37-31(28-15-13-22-7-1-4-10-25(22)19-28)33-39-35-36(41-33,30-18-17-24-9-3-6-12-27(24)21-30)42-34(40-35)32(38)29-16-14-23-8-2-5-11-26(23)20-29/h1-21,33-35H. The maximum absolute atomic E-state index is 13.6. The molecular formula is C36H24O6. The zero-order chi connectivity index (χ0) is 28.3. The maximum atomic E-state index is 13.6. The molecule has 2 aliphatic rings. The summed E-state index contributed by atoms with van der Waals surface area (Å²) in [5.41, 5.74) is 1.47. The van der Waals surface area contributed by atoms with Crippen LogP contribution in [0.15, 0.2) is 127 Å². The van der Waals surface area contributed by atoms with Crippen molar-refractivity contribution >= 4 is 43.9 Å². The van der Waals surface area contributed by atoms with Crippen LogP contribution in [0.5, 0.6) is 0 Å². The summed E-state index contributed by atoms with van der Waals surface area (Å²) in [4.78, 5) is 27.3. The van der Waals surface area contributed by atoms with Gasteiger partial charge < -0.3 is 18.9 Å². The Morgan fingerprint density at radius 1 is 0.476 bits per heavy atom. The fourth-order valence-electron chi connectivity index (χ4n) is 5.81. The second-order valence-corrected chi connectivity index (χ2v) is 10.6. The lowest BCUT2D eigenvalue weighted by Gasteiger charge is -2.25. The van der Waals surface area contributed by atoms with Gasteiger partial charge in [-0.15, -0.1) is 0 Å². The van der Waals surface area contributed by atoms with Crippen LogP contribution in [-0.2, 0) is 24.7 Å². The van der Waals surface area contributed by atoms with Crippen molar-refractivity contribution < 1.29 is 28.5 Å². The Kier molecular flexibility index (Phi) is 5.77. The molecule has 0 saturated carbocycles. The van der Waals surface area contributed by atoms with Crippen molar-refractivity contribution in [1.29, 1.82) is 0 Å². The summed E-state index contributed by atoms with van der Waals surface area (Å²) in [6, 6.07) is 40.1. The van der Waals surface area contributed by atoms with Gasteiger partial charge in [-0.25, -0.2) is 0 Å². The first-order valence-corrected chi connectivity index (χ1v) is 13.8. The Bertz CT molecular complexity index is 1930. The molecule has 2 unspecified atom stereocenters. The van der Waals surface area contributed by atoms with E-state index >= 15 is 0 Å². The van der Waals surface area contributed by atoms with Crippen LogP contribution in [0.2, 0.25) is 0 Å². The molecular weight excluding hydrogens is 528 g/mol. The lowest BCUT2D eigenvalue weighted by Crippen LogP contribution is -2.36. The maximum Gasteiger partial charge on any atom is 0.253 e. The van der Waals surface area contributed by atoms with Crippen molar-refractivity contribution in [1.82, 2.24) is 0 Å². The number of Topliss-reactive ketones (excluding diaryl/α,β-unsaturated/α-hetero) is 2. The highest BCUT2D eigenvalue weighted by Crippen LogP contribution is 2.48. The fourth-order valence-corrected chi connectivity index (χ4v) is 5.81. The highest BCUT2D eigenvalue weighted by Gasteiger charge is 2.63. The number of ketones is 2. The molecule has 2 atom stereocenters. The largest absolute Gasteiger partial charge is 0.310 e. The van der Waals surface area contributed by atoms with Crippen molar-refractivity contribution in [3.8, 4) is 0 Å². The summed E-state index contributed by atoms with van der Waals surface area (Å²) in [6.07, 6.45) is -3.74. The van der Waals surface area contributed by atoms with E-state index in [2.05, 4.69) is 0 Å². The highest BCUT2D eigenvalue weighted by atomic mass is 17.0. The topological polar surface area (TPSA) is 71.1 Å². The minimum atomic E-state index is -1.63. The summed E-state index contributed by atoms with van der Waals surface area (Å²) in [7, 11) is 0. The number of hydrogen-bond acceptors (Lipinski definition) is 6. The van der Waals surface area contributed by atoms with Crippen LogP contribution in [0, 0.1) is 0 Å². The smallest absolute Gasteiger partial charge is 0.253 e. The molecule has 2 aliphatic heterocycles. The Morgan fingerprint density at radius 3 is 1.36 bits per heavy atom. The van der Waals surface area contributed by atoms with Gasteiger partial charge in [-0.1, -0.05) is 109 Å². The normalized spacial score (nSPS) is 23.4. The third-order valence-corrected chi connectivity index (χ3v) is 8.02. The molecule has 2 heterocycles. The quantitative estimate of drug-likeness (QED) is 0.212. The van der Waals surface area contributed by atoms with Crippen molar-refractivity contribution in [2.24, 2.45) is 0 Å². The van der Waals surface area contributed by atoms with Crippen LogP contribution in [-0.4, -0.2) is 30.4 Å². The predicted octanol–water partition coefficient (Wildman–Crippen LogP) is 7.14. The summed E-state index contributed by atoms with van der Waals surface area (Å²) >= 11 is 0. The fraction of sp³-hybridized carbons (Fsp3) is 0.111. The number of carbonyl (C=O) groups is 2. The van der Waals surface area contributed by atoms with Gasteiger partial charge >= 0.3 is 0 Å². The molecule has 0 bridgehead atoms. The summed E-state index contributed by atoms with van der Waals surface area (Å²) in [6.45, 7) is 0. The number of benzene rings is 6. The van der Waals surface area contributed by atoms with Gasteiger partial charge in [0.05, 0.1) is 0 Å².